The van der Waals surface area contributed by atoms with Gasteiger partial charge in [-0.1, -0.05) is 113 Å². The van der Waals surface area contributed by atoms with E-state index in [-0.39, 0.29) is 37.7 Å². The Kier molecular flexibility index (Phi) is 14.3. The number of aliphatic hydroxyl groups excluding tert-OH is 1. The third-order valence-electron chi connectivity index (χ3n) is 7.64. The molecule has 213 valence electrons. The van der Waals surface area contributed by atoms with Crippen LogP contribution in [0.3, 0.4) is 0 Å². The number of hydrogen-bond donors (Lipinski definition) is 1. The number of carbonyl (C=O) groups is 1. The van der Waals surface area contributed by atoms with Crippen molar-refractivity contribution in [2.75, 3.05) is 0 Å². The van der Waals surface area contributed by atoms with Crippen LogP contribution in [0, 0.1) is 6.07 Å². The van der Waals surface area contributed by atoms with Gasteiger partial charge in [-0.2, -0.15) is 0 Å². The van der Waals surface area contributed by atoms with Gasteiger partial charge < -0.3 is 10.1 Å². The molecule has 3 nitrogen and oxygen atoms in total. The summed E-state index contributed by atoms with van der Waals surface area (Å²) < 4.78 is 0. The third kappa shape index (κ3) is 8.93. The molecule has 1 atom stereocenters. The number of Topliss-reactive ketones (excluding diaryl/α,β-unsaturated/α-hetero) is 1. The van der Waals surface area contributed by atoms with Crippen LogP contribution in [0.25, 0.3) is 22.4 Å². The number of rotatable bonds is 13. The zero-order chi connectivity index (χ0) is 27.4. The number of pyridine rings is 1. The van der Waals surface area contributed by atoms with E-state index in [1.54, 1.807) is 12.5 Å². The van der Waals surface area contributed by atoms with E-state index in [2.05, 4.69) is 73.4 Å². The Hall–Kier alpha value is -2.13. The maximum absolute atomic E-state index is 10.1. The van der Waals surface area contributed by atoms with Gasteiger partial charge in [0.25, 0.3) is 0 Å². The number of hydrogen-bond acceptors (Lipinski definition) is 3. The van der Waals surface area contributed by atoms with Crippen LogP contribution in [0.5, 0.6) is 0 Å². The second kappa shape index (κ2) is 16.9. The van der Waals surface area contributed by atoms with E-state index in [1.165, 1.54) is 87.8 Å². The molecule has 1 radical (unpaired) electrons. The number of carbonyl (C=O) groups excluding carboxylic acids is 1. The average molecular weight is 705 g/mol. The molecule has 1 unspecified atom stereocenters. The first-order valence-corrected chi connectivity index (χ1v) is 14.7. The summed E-state index contributed by atoms with van der Waals surface area (Å²) >= 11 is 0. The molecule has 0 spiro atoms. The van der Waals surface area contributed by atoms with E-state index in [1.807, 2.05) is 12.3 Å². The fourth-order valence-corrected chi connectivity index (χ4v) is 5.85. The molecule has 1 aromatic heterocycles. The Morgan fingerprint density at radius 2 is 1.54 bits per heavy atom. The molecule has 1 N–H and O–H groups in total. The maximum Gasteiger partial charge on any atom is 0.132 e. The minimum absolute atomic E-state index is 0. The van der Waals surface area contributed by atoms with Crippen molar-refractivity contribution in [1.29, 1.82) is 0 Å². The first-order valence-electron chi connectivity index (χ1n) is 14.7. The van der Waals surface area contributed by atoms with E-state index in [0.717, 1.165) is 11.3 Å². The van der Waals surface area contributed by atoms with Crippen LogP contribution in [0.15, 0.2) is 60.8 Å². The van der Waals surface area contributed by atoms with E-state index >= 15 is 0 Å². The summed E-state index contributed by atoms with van der Waals surface area (Å²) in [5.74, 6) is 0.0370. The van der Waals surface area contributed by atoms with Crippen LogP contribution < -0.4 is 0 Å². The summed E-state index contributed by atoms with van der Waals surface area (Å²) in [7, 11) is 0. The standard InChI is InChI=1S/C30H36N.C5H10O2.Ir/c1-3-5-7-12-20-30(21-13-8-6-4-2)27-16-10-9-15-25(27)26-19-18-24(23-28(26)30)29-17-11-14-22-31-29;1-4(6)3-5(2)7;/h9-11,14-17,19,22-23H,3-8,12-13,20-21H2,1-2H3;4,6H,3H2,1-2H3;/q-1;;. The molecule has 1 heterocycles. The van der Waals surface area contributed by atoms with Crippen LogP contribution in [-0.4, -0.2) is 22.0 Å². The molecular weight excluding hydrogens is 659 g/mol. The largest absolute Gasteiger partial charge is 0.393 e. The van der Waals surface area contributed by atoms with Crippen molar-refractivity contribution < 1.29 is 30.0 Å². The number of unbranched alkanes of at least 4 members (excludes halogenated alkanes) is 6. The number of fused-ring (bicyclic) bond motifs is 3. The second-order valence-corrected chi connectivity index (χ2v) is 10.9. The molecule has 2 aromatic carbocycles. The normalized spacial score (nSPS) is 13.4. The number of aromatic nitrogens is 1. The molecule has 0 bridgehead atoms. The van der Waals surface area contributed by atoms with Gasteiger partial charge in [-0.3, -0.25) is 4.79 Å². The summed E-state index contributed by atoms with van der Waals surface area (Å²) in [5, 5.41) is 8.50. The molecule has 4 heteroatoms. The van der Waals surface area contributed by atoms with Crippen molar-refractivity contribution in [3.63, 3.8) is 0 Å². The summed E-state index contributed by atoms with van der Waals surface area (Å²) in [6.07, 6.45) is 14.7. The molecule has 0 saturated heterocycles. The molecule has 3 aromatic rings. The summed E-state index contributed by atoms with van der Waals surface area (Å²) in [4.78, 5) is 14.7. The van der Waals surface area contributed by atoms with Crippen molar-refractivity contribution in [3.05, 3.63) is 78.0 Å². The van der Waals surface area contributed by atoms with Crippen molar-refractivity contribution in [2.24, 2.45) is 0 Å². The fourth-order valence-electron chi connectivity index (χ4n) is 5.85. The Labute approximate surface area is 250 Å². The minimum atomic E-state index is -0.475. The number of aliphatic hydroxyl groups is 1. The van der Waals surface area contributed by atoms with Crippen LogP contribution >= 0.6 is 0 Å². The molecule has 1 aliphatic carbocycles. The van der Waals surface area contributed by atoms with Gasteiger partial charge >= 0.3 is 0 Å². The average Bonchev–Trinajstić information content (AvgIpc) is 3.19. The van der Waals surface area contributed by atoms with Gasteiger partial charge in [-0.15, -0.1) is 29.3 Å². The van der Waals surface area contributed by atoms with Crippen LogP contribution in [-0.2, 0) is 30.3 Å². The van der Waals surface area contributed by atoms with Gasteiger partial charge in [0.15, 0.2) is 0 Å². The Morgan fingerprint density at radius 1 is 0.897 bits per heavy atom. The Balaban J connectivity index is 0.000000592. The molecular formula is C35H46IrNO2-. The van der Waals surface area contributed by atoms with Crippen molar-refractivity contribution in [3.8, 4) is 22.4 Å². The minimum Gasteiger partial charge on any atom is -0.393 e. The fraction of sp³-hybridized carbons (Fsp3) is 0.486. The molecule has 39 heavy (non-hydrogen) atoms. The number of nitrogens with zero attached hydrogens (tertiary/aromatic N) is 1. The van der Waals surface area contributed by atoms with Crippen LogP contribution in [0.2, 0.25) is 0 Å². The van der Waals surface area contributed by atoms with E-state index in [0.29, 0.717) is 0 Å². The third-order valence-corrected chi connectivity index (χ3v) is 7.64. The molecule has 4 rings (SSSR count). The van der Waals surface area contributed by atoms with E-state index < -0.39 is 6.10 Å². The maximum atomic E-state index is 10.1. The molecule has 0 saturated carbocycles. The number of benzene rings is 2. The van der Waals surface area contributed by atoms with E-state index in [9.17, 15) is 4.79 Å². The summed E-state index contributed by atoms with van der Waals surface area (Å²) in [6.45, 7) is 7.67. The smallest absolute Gasteiger partial charge is 0.132 e. The van der Waals surface area contributed by atoms with Gasteiger partial charge in [-0.05, 0) is 44.0 Å². The zero-order valence-electron chi connectivity index (χ0n) is 24.3. The first-order chi connectivity index (χ1) is 18.4. The molecule has 0 amide bonds. The Morgan fingerprint density at radius 3 is 2.08 bits per heavy atom. The molecule has 1 aliphatic rings. The predicted molar refractivity (Wildman–Crippen MR) is 159 cm³/mol. The predicted octanol–water partition coefficient (Wildman–Crippen LogP) is 9.10. The van der Waals surface area contributed by atoms with Gasteiger partial charge in [-0.25, -0.2) is 0 Å². The van der Waals surface area contributed by atoms with Gasteiger partial charge in [0, 0.05) is 38.1 Å². The van der Waals surface area contributed by atoms with Gasteiger partial charge in [0.2, 0.25) is 0 Å². The Bertz CT molecular complexity index is 1130. The number of ketones is 1. The zero-order valence-corrected chi connectivity index (χ0v) is 26.7. The topological polar surface area (TPSA) is 50.2 Å². The molecule has 0 fully saturated rings. The van der Waals surface area contributed by atoms with Crippen molar-refractivity contribution in [2.45, 2.75) is 110 Å². The molecule has 0 aliphatic heterocycles. The van der Waals surface area contributed by atoms with Crippen molar-refractivity contribution >= 4 is 5.78 Å². The first kappa shape index (κ1) is 33.1. The van der Waals surface area contributed by atoms with E-state index in [4.69, 9.17) is 5.11 Å². The van der Waals surface area contributed by atoms with Gasteiger partial charge in [0.05, 0.1) is 6.10 Å². The van der Waals surface area contributed by atoms with Crippen LogP contribution in [0.4, 0.5) is 0 Å². The second-order valence-electron chi connectivity index (χ2n) is 10.9. The monoisotopic (exact) mass is 705 g/mol. The van der Waals surface area contributed by atoms with Gasteiger partial charge in [0.1, 0.15) is 5.78 Å². The van der Waals surface area contributed by atoms with Crippen LogP contribution in [0.1, 0.15) is 109 Å². The quantitative estimate of drug-likeness (QED) is 0.143. The SMILES string of the molecule is CC(=O)CC(C)O.CCCCCCC1(CCCCCC)c2ccccc2-c2c[c-]c(-c3ccccn3)cc21.[Ir]. The summed E-state index contributed by atoms with van der Waals surface area (Å²) in [5.41, 5.74) is 8.15. The summed E-state index contributed by atoms with van der Waals surface area (Å²) in [6, 6.07) is 23.5. The van der Waals surface area contributed by atoms with Crippen molar-refractivity contribution in [1.82, 2.24) is 4.98 Å².